The molecule has 1 unspecified atom stereocenters. The van der Waals surface area contributed by atoms with Crippen molar-refractivity contribution in [2.75, 3.05) is 17.7 Å². The van der Waals surface area contributed by atoms with Gasteiger partial charge in [-0.2, -0.15) is 16.9 Å². The van der Waals surface area contributed by atoms with Crippen LogP contribution in [0.1, 0.15) is 35.9 Å². The molecule has 1 saturated carbocycles. The van der Waals surface area contributed by atoms with Crippen LogP contribution in [0.4, 0.5) is 5.69 Å². The minimum atomic E-state index is -0.308. The summed E-state index contributed by atoms with van der Waals surface area (Å²) in [5.74, 6) is 3.78. The molecular weight excluding hydrogens is 368 g/mol. The highest BCUT2D eigenvalue weighted by Gasteiger charge is 2.31. The van der Waals surface area contributed by atoms with Crippen molar-refractivity contribution in [1.29, 1.82) is 0 Å². The van der Waals surface area contributed by atoms with Gasteiger partial charge in [-0.15, -0.1) is 0 Å². The van der Waals surface area contributed by atoms with Crippen LogP contribution < -0.4 is 10.2 Å². The summed E-state index contributed by atoms with van der Waals surface area (Å²) in [6.45, 7) is 0. The molecule has 5 rings (SSSR count). The summed E-state index contributed by atoms with van der Waals surface area (Å²) in [5.41, 5.74) is 4.54. The topological polar surface area (TPSA) is 61.0 Å². The molecule has 2 aromatic carbocycles. The highest BCUT2D eigenvalue weighted by atomic mass is 32.2. The van der Waals surface area contributed by atoms with E-state index in [9.17, 15) is 4.79 Å². The van der Waals surface area contributed by atoms with Crippen molar-refractivity contribution in [1.82, 2.24) is 15.5 Å². The standard InChI is InChI=1S/C22H23N4OS/c1-26(18-8-9-19-17(10-18)11-23-25-19)22(27)21-13-28-12-20(24-21)16-6-4-15(5-7-16)14-2-3-14/h4-11,13-14,20-21,24H,2-3,12H2,1H3,(H,23,25)/t20?,21-/m0/s1. The zero-order valence-electron chi connectivity index (χ0n) is 15.8. The third-order valence-electron chi connectivity index (χ3n) is 5.67. The van der Waals surface area contributed by atoms with Gasteiger partial charge in [-0.1, -0.05) is 24.3 Å². The minimum absolute atomic E-state index is 0.0506. The van der Waals surface area contributed by atoms with Crippen LogP contribution in [-0.2, 0) is 4.79 Å². The molecule has 28 heavy (non-hydrogen) atoms. The van der Waals surface area contributed by atoms with E-state index < -0.39 is 0 Å². The molecule has 2 aliphatic rings. The molecule has 2 heterocycles. The second-order valence-electron chi connectivity index (χ2n) is 7.65. The average molecular weight is 392 g/mol. The van der Waals surface area contributed by atoms with Crippen LogP contribution in [-0.4, -0.2) is 34.9 Å². The second-order valence-corrected chi connectivity index (χ2v) is 8.58. The first-order valence-electron chi connectivity index (χ1n) is 9.70. The van der Waals surface area contributed by atoms with E-state index in [1.165, 1.54) is 24.0 Å². The van der Waals surface area contributed by atoms with Crippen molar-refractivity contribution in [3.05, 3.63) is 65.5 Å². The number of hydrogen-bond donors (Lipinski definition) is 2. The molecule has 3 aromatic rings. The Morgan fingerprint density at radius 2 is 1.93 bits per heavy atom. The average Bonchev–Trinajstić information content (AvgIpc) is 3.50. The van der Waals surface area contributed by atoms with Crippen LogP contribution >= 0.6 is 11.8 Å². The monoisotopic (exact) mass is 391 g/mol. The predicted octanol–water partition coefficient (Wildman–Crippen LogP) is 4.01. The highest BCUT2D eigenvalue weighted by molar-refractivity contribution is 8.01. The smallest absolute Gasteiger partial charge is 0.245 e. The largest absolute Gasteiger partial charge is 0.314 e. The van der Waals surface area contributed by atoms with E-state index in [-0.39, 0.29) is 18.0 Å². The van der Waals surface area contributed by atoms with Gasteiger partial charge in [0.15, 0.2) is 0 Å². The molecule has 5 nitrogen and oxygen atoms in total. The Kier molecular flexibility index (Phi) is 4.61. The van der Waals surface area contributed by atoms with Crippen molar-refractivity contribution in [3.8, 4) is 0 Å². The molecule has 2 fully saturated rings. The fourth-order valence-electron chi connectivity index (χ4n) is 3.77. The van der Waals surface area contributed by atoms with E-state index >= 15 is 0 Å². The van der Waals surface area contributed by atoms with Gasteiger partial charge in [0.2, 0.25) is 5.91 Å². The Bertz CT molecular complexity index is 995. The summed E-state index contributed by atoms with van der Waals surface area (Å²) in [5, 5.41) is 11.5. The molecule has 2 atom stereocenters. The summed E-state index contributed by atoms with van der Waals surface area (Å²) >= 11 is 1.72. The second kappa shape index (κ2) is 7.26. The number of nitrogens with one attached hydrogen (secondary N) is 2. The maximum Gasteiger partial charge on any atom is 0.245 e. The van der Waals surface area contributed by atoms with Crippen molar-refractivity contribution in [2.24, 2.45) is 0 Å². The Morgan fingerprint density at radius 1 is 1.14 bits per heavy atom. The quantitative estimate of drug-likeness (QED) is 0.705. The fraction of sp³-hybridized carbons (Fsp3) is 0.318. The number of fused-ring (bicyclic) bond motifs is 1. The number of benzene rings is 2. The molecule has 1 aromatic heterocycles. The van der Waals surface area contributed by atoms with Crippen LogP contribution in [0, 0.1) is 5.75 Å². The first kappa shape index (κ1) is 17.8. The number of rotatable bonds is 4. The SMILES string of the molecule is CN(C(=O)[C@@H]1[CH]SCC(c2ccc(C3CC3)cc2)N1)c1ccc2[nH]ncc2c1. The first-order chi connectivity index (χ1) is 13.7. The van der Waals surface area contributed by atoms with E-state index in [2.05, 4.69) is 39.8 Å². The summed E-state index contributed by atoms with van der Waals surface area (Å²) < 4.78 is 0. The zero-order chi connectivity index (χ0) is 19.1. The Labute approximate surface area is 168 Å². The summed E-state index contributed by atoms with van der Waals surface area (Å²) in [7, 11) is 1.83. The van der Waals surface area contributed by atoms with Crippen molar-refractivity contribution >= 4 is 34.3 Å². The van der Waals surface area contributed by atoms with Crippen LogP contribution in [0.15, 0.2) is 48.7 Å². The van der Waals surface area contributed by atoms with Crippen molar-refractivity contribution < 1.29 is 4.79 Å². The number of aromatic nitrogens is 2. The van der Waals surface area contributed by atoms with Gasteiger partial charge in [-0.3, -0.25) is 15.2 Å². The predicted molar refractivity (Wildman–Crippen MR) is 114 cm³/mol. The first-order valence-corrected chi connectivity index (χ1v) is 10.8. The Hall–Kier alpha value is -2.31. The van der Waals surface area contributed by atoms with Gasteiger partial charge in [0.25, 0.3) is 0 Å². The van der Waals surface area contributed by atoms with Crippen LogP contribution in [0.25, 0.3) is 10.9 Å². The third kappa shape index (κ3) is 3.42. The van der Waals surface area contributed by atoms with Gasteiger partial charge in [0.05, 0.1) is 11.7 Å². The number of thioether (sulfide) groups is 1. The van der Waals surface area contributed by atoms with Gasteiger partial charge in [0.1, 0.15) is 6.04 Å². The number of hydrogen-bond acceptors (Lipinski definition) is 4. The molecule has 1 radical (unpaired) electrons. The Morgan fingerprint density at radius 3 is 2.71 bits per heavy atom. The third-order valence-corrected chi connectivity index (χ3v) is 6.66. The maximum atomic E-state index is 13.1. The molecule has 1 amide bonds. The molecular formula is C22H23N4OS. The summed E-state index contributed by atoms with van der Waals surface area (Å²) in [4.78, 5) is 14.8. The summed E-state index contributed by atoms with van der Waals surface area (Å²) in [6, 6.07) is 14.7. The number of likely N-dealkylation sites (N-methyl/N-ethyl adjacent to an activating group) is 1. The highest BCUT2D eigenvalue weighted by Crippen LogP contribution is 2.40. The molecule has 1 aliphatic heterocycles. The van der Waals surface area contributed by atoms with E-state index in [0.29, 0.717) is 0 Å². The van der Waals surface area contributed by atoms with Gasteiger partial charge in [-0.05, 0) is 48.1 Å². The summed E-state index contributed by atoms with van der Waals surface area (Å²) in [6.07, 6.45) is 4.41. The fourth-order valence-corrected chi connectivity index (χ4v) is 4.75. The van der Waals surface area contributed by atoms with Crippen molar-refractivity contribution in [2.45, 2.75) is 30.8 Å². The molecule has 1 saturated heterocycles. The van der Waals surface area contributed by atoms with Gasteiger partial charge in [-0.25, -0.2) is 0 Å². The number of H-pyrrole nitrogens is 1. The molecule has 143 valence electrons. The lowest BCUT2D eigenvalue weighted by atomic mass is 10.0. The lowest BCUT2D eigenvalue weighted by Crippen LogP contribution is -2.49. The molecule has 2 N–H and O–H groups in total. The number of carbonyl (C=O) groups is 1. The minimum Gasteiger partial charge on any atom is -0.314 e. The lowest BCUT2D eigenvalue weighted by Gasteiger charge is -2.32. The molecule has 0 bridgehead atoms. The number of aromatic amines is 1. The van der Waals surface area contributed by atoms with Crippen LogP contribution in [0.2, 0.25) is 0 Å². The van der Waals surface area contributed by atoms with E-state index in [1.807, 2.05) is 31.0 Å². The molecule has 0 spiro atoms. The van der Waals surface area contributed by atoms with Gasteiger partial charge < -0.3 is 4.90 Å². The van der Waals surface area contributed by atoms with Crippen LogP contribution in [0.5, 0.6) is 0 Å². The number of nitrogens with zero attached hydrogens (tertiary/aromatic N) is 2. The maximum absolute atomic E-state index is 13.1. The van der Waals surface area contributed by atoms with E-state index in [0.717, 1.165) is 28.3 Å². The van der Waals surface area contributed by atoms with Crippen molar-refractivity contribution in [3.63, 3.8) is 0 Å². The normalized spacial score (nSPS) is 22.3. The van der Waals surface area contributed by atoms with E-state index in [1.54, 1.807) is 22.9 Å². The number of amides is 1. The zero-order valence-corrected chi connectivity index (χ0v) is 16.6. The number of carbonyl (C=O) groups excluding carboxylic acids is 1. The molecule has 1 aliphatic carbocycles. The molecule has 6 heteroatoms. The van der Waals surface area contributed by atoms with Gasteiger partial charge >= 0.3 is 0 Å². The Balaban J connectivity index is 1.29. The lowest BCUT2D eigenvalue weighted by molar-refractivity contribution is -0.119. The van der Waals surface area contributed by atoms with Crippen LogP contribution in [0.3, 0.4) is 0 Å². The number of anilines is 1. The van der Waals surface area contributed by atoms with E-state index in [4.69, 9.17) is 0 Å². The van der Waals surface area contributed by atoms with Gasteiger partial charge in [0, 0.05) is 35.7 Å².